The Balaban J connectivity index is 3.70. The van der Waals surface area contributed by atoms with Gasteiger partial charge in [-0.15, -0.1) is 23.4 Å². The number of carbonyl (C=O) groups is 1. The molecule has 0 spiro atoms. The molecule has 0 aliphatic heterocycles. The van der Waals surface area contributed by atoms with Crippen LogP contribution < -0.4 is 0 Å². The van der Waals surface area contributed by atoms with E-state index in [2.05, 4.69) is 0 Å². The summed E-state index contributed by atoms with van der Waals surface area (Å²) in [5, 5.41) is -0.843. The third kappa shape index (κ3) is 5.64. The van der Waals surface area contributed by atoms with E-state index in [9.17, 15) is 18.0 Å². The zero-order chi connectivity index (χ0) is 9.07. The van der Waals surface area contributed by atoms with E-state index in [0.717, 1.165) is 0 Å². The molecule has 0 aliphatic carbocycles. The van der Waals surface area contributed by atoms with Crippen LogP contribution in [0.2, 0.25) is 0 Å². The average Bonchev–Trinajstić information content (AvgIpc) is 1.80. The zero-order valence-electron chi connectivity index (χ0n) is 4.99. The van der Waals surface area contributed by atoms with Gasteiger partial charge in [0.2, 0.25) is 5.24 Å². The van der Waals surface area contributed by atoms with Gasteiger partial charge in [-0.25, -0.2) is 0 Å². The van der Waals surface area contributed by atoms with Crippen molar-refractivity contribution in [2.24, 2.45) is 0 Å². The van der Waals surface area contributed by atoms with Gasteiger partial charge in [0.25, 0.3) is 0 Å². The maximum absolute atomic E-state index is 11.6. The van der Waals surface area contributed by atoms with Gasteiger partial charge in [-0.1, -0.05) is 0 Å². The van der Waals surface area contributed by atoms with E-state index in [-0.39, 0.29) is 11.8 Å². The topological polar surface area (TPSA) is 17.1 Å². The largest absolute Gasteiger partial charge is 0.414 e. The molecule has 0 aromatic heterocycles. The summed E-state index contributed by atoms with van der Waals surface area (Å²) in [6, 6.07) is 0. The molecule has 1 atom stereocenters. The van der Waals surface area contributed by atoms with Crippen molar-refractivity contribution in [3.63, 3.8) is 0 Å². The normalized spacial score (nSPS) is 14.6. The van der Waals surface area contributed by atoms with Crippen LogP contribution in [-0.4, -0.2) is 21.9 Å². The van der Waals surface area contributed by atoms with Crippen molar-refractivity contribution in [3.8, 4) is 0 Å². The summed E-state index contributed by atoms with van der Waals surface area (Å²) in [7, 11) is 0. The van der Waals surface area contributed by atoms with E-state index >= 15 is 0 Å². The number of halogens is 5. The molecule has 0 N–H and O–H groups in total. The summed E-state index contributed by atoms with van der Waals surface area (Å²) in [5.74, 6) is -0.435. The molecule has 66 valence electrons. The number of alkyl halides is 4. The Hall–Kier alpha value is 0.390. The molecule has 0 heterocycles. The van der Waals surface area contributed by atoms with Gasteiger partial charge in [0.1, 0.15) is 0 Å². The van der Waals surface area contributed by atoms with Crippen LogP contribution in [0.3, 0.4) is 0 Å². The molecule has 7 heteroatoms. The smallest absolute Gasteiger partial charge is 0.280 e. The van der Waals surface area contributed by atoms with Gasteiger partial charge < -0.3 is 0 Å². The molecular formula is C4H3Cl2F3OS. The molecule has 0 aromatic carbocycles. The Kier molecular flexibility index (Phi) is 4.58. The highest BCUT2D eigenvalue weighted by Gasteiger charge is 2.38. The number of thioether (sulfide) groups is 1. The van der Waals surface area contributed by atoms with E-state index in [1.54, 1.807) is 0 Å². The second-order valence-electron chi connectivity index (χ2n) is 1.52. The minimum Gasteiger partial charge on any atom is -0.280 e. The zero-order valence-corrected chi connectivity index (χ0v) is 7.32. The van der Waals surface area contributed by atoms with Gasteiger partial charge in [0.05, 0.1) is 5.75 Å². The van der Waals surface area contributed by atoms with Crippen molar-refractivity contribution in [2.45, 2.75) is 10.9 Å². The maximum Gasteiger partial charge on any atom is 0.414 e. The lowest BCUT2D eigenvalue weighted by atomic mass is 10.8. The van der Waals surface area contributed by atoms with Crippen molar-refractivity contribution in [2.75, 3.05) is 5.75 Å². The van der Waals surface area contributed by atoms with Crippen LogP contribution in [0, 0.1) is 0 Å². The molecule has 0 amide bonds. The van der Waals surface area contributed by atoms with Crippen LogP contribution in [0.4, 0.5) is 13.2 Å². The summed E-state index contributed by atoms with van der Waals surface area (Å²) in [6.45, 7) is 0. The minimum absolute atomic E-state index is 0.250. The Bertz CT molecular complexity index is 149. The first-order valence-electron chi connectivity index (χ1n) is 2.34. The van der Waals surface area contributed by atoms with Gasteiger partial charge in [0, 0.05) is 0 Å². The highest BCUT2D eigenvalue weighted by Crippen LogP contribution is 2.33. The quantitative estimate of drug-likeness (QED) is 0.544. The van der Waals surface area contributed by atoms with Crippen LogP contribution >= 0.6 is 35.0 Å². The predicted octanol–water partition coefficient (Wildman–Crippen LogP) is 2.61. The SMILES string of the molecule is O=C(Cl)CSC(Cl)C(F)(F)F. The van der Waals surface area contributed by atoms with Crippen molar-refractivity contribution in [1.29, 1.82) is 0 Å². The number of hydrogen-bond donors (Lipinski definition) is 0. The number of rotatable bonds is 3. The molecule has 0 aliphatic rings. The van der Waals surface area contributed by atoms with E-state index in [1.165, 1.54) is 0 Å². The first kappa shape index (κ1) is 11.4. The Morgan fingerprint density at radius 1 is 1.55 bits per heavy atom. The number of carbonyl (C=O) groups excluding carboxylic acids is 1. The average molecular weight is 227 g/mol. The lowest BCUT2D eigenvalue weighted by Gasteiger charge is -2.10. The van der Waals surface area contributed by atoms with Gasteiger partial charge in [-0.3, -0.25) is 4.79 Å². The highest BCUT2D eigenvalue weighted by molar-refractivity contribution is 8.01. The molecule has 11 heavy (non-hydrogen) atoms. The molecule has 0 bridgehead atoms. The molecule has 0 aromatic rings. The van der Waals surface area contributed by atoms with Gasteiger partial charge >= 0.3 is 6.18 Å². The molecule has 1 nitrogen and oxygen atoms in total. The van der Waals surface area contributed by atoms with Crippen molar-refractivity contribution < 1.29 is 18.0 Å². The molecule has 0 radical (unpaired) electrons. The molecule has 1 unspecified atom stereocenters. The third-order valence-electron chi connectivity index (χ3n) is 0.600. The second-order valence-corrected chi connectivity index (χ2v) is 3.73. The molecule has 0 fully saturated rings. The summed E-state index contributed by atoms with van der Waals surface area (Å²) in [4.78, 5) is 9.99. The molecule has 0 saturated carbocycles. The maximum atomic E-state index is 11.6. The van der Waals surface area contributed by atoms with Gasteiger partial charge in [0.15, 0.2) is 4.71 Å². The summed E-state index contributed by atoms with van der Waals surface area (Å²) < 4.78 is 32.7. The second kappa shape index (κ2) is 4.42. The Morgan fingerprint density at radius 3 is 2.27 bits per heavy atom. The van der Waals surface area contributed by atoms with E-state index in [1.807, 2.05) is 0 Å². The molecule has 0 rings (SSSR count). The molecular weight excluding hydrogens is 224 g/mol. The predicted molar refractivity (Wildman–Crippen MR) is 39.0 cm³/mol. The van der Waals surface area contributed by atoms with Crippen molar-refractivity contribution in [1.82, 2.24) is 0 Å². The lowest BCUT2D eigenvalue weighted by Crippen LogP contribution is -2.20. The summed E-state index contributed by atoms with van der Waals surface area (Å²) >= 11 is 9.86. The van der Waals surface area contributed by atoms with Crippen LogP contribution in [0.25, 0.3) is 0 Å². The van der Waals surface area contributed by atoms with Gasteiger partial charge in [-0.05, 0) is 11.6 Å². The minimum atomic E-state index is -4.49. The highest BCUT2D eigenvalue weighted by atomic mass is 35.5. The summed E-state index contributed by atoms with van der Waals surface area (Å²) in [5.41, 5.74) is 0. The summed E-state index contributed by atoms with van der Waals surface area (Å²) in [6.07, 6.45) is -4.49. The van der Waals surface area contributed by atoms with Gasteiger partial charge in [-0.2, -0.15) is 13.2 Å². The standard InChI is InChI=1S/C4H3Cl2F3OS/c5-2(10)1-11-3(6)4(7,8)9/h3H,1H2. The third-order valence-corrected chi connectivity index (χ3v) is 2.51. The van der Waals surface area contributed by atoms with E-state index in [0.29, 0.717) is 0 Å². The first-order chi connectivity index (χ1) is 4.84. The van der Waals surface area contributed by atoms with E-state index in [4.69, 9.17) is 23.2 Å². The molecule has 0 saturated heterocycles. The van der Waals surface area contributed by atoms with Crippen LogP contribution in [0.5, 0.6) is 0 Å². The lowest BCUT2D eigenvalue weighted by molar-refractivity contribution is -0.113. The fourth-order valence-electron chi connectivity index (χ4n) is 0.233. The van der Waals surface area contributed by atoms with Crippen molar-refractivity contribution >= 4 is 40.2 Å². The van der Waals surface area contributed by atoms with Crippen LogP contribution in [0.1, 0.15) is 0 Å². The van der Waals surface area contributed by atoms with Crippen molar-refractivity contribution in [3.05, 3.63) is 0 Å². The fourth-order valence-corrected chi connectivity index (χ4v) is 1.08. The first-order valence-corrected chi connectivity index (χ1v) is 4.21. The van der Waals surface area contributed by atoms with Crippen LogP contribution in [0.15, 0.2) is 0 Å². The fraction of sp³-hybridized carbons (Fsp3) is 0.750. The number of hydrogen-bond acceptors (Lipinski definition) is 2. The van der Waals surface area contributed by atoms with E-state index < -0.39 is 21.9 Å². The Morgan fingerprint density at radius 2 is 2.00 bits per heavy atom. The Labute approximate surface area is 75.2 Å². The monoisotopic (exact) mass is 226 g/mol. The van der Waals surface area contributed by atoms with Crippen LogP contribution in [-0.2, 0) is 4.79 Å².